The maximum absolute atomic E-state index is 11.9. The average molecular weight is 341 g/mol. The fourth-order valence-corrected chi connectivity index (χ4v) is 2.37. The van der Waals surface area contributed by atoms with Crippen LogP contribution in [-0.2, 0) is 11.2 Å². The summed E-state index contributed by atoms with van der Waals surface area (Å²) in [6.07, 6.45) is 1.34. The Hall–Kier alpha value is -3.42. The standard InChI is InChI=1S/C17H15N3O5/c21-17(10-13-3-1-2-4-14(13)20(22)23)19-18-11-12-5-6-15-16(9-12)25-8-7-24-15/h1-6,9,11H,7-8,10H2,(H,19,21). The largest absolute Gasteiger partial charge is 0.486 e. The molecule has 3 rings (SSSR count). The molecule has 8 nitrogen and oxygen atoms in total. The first-order chi connectivity index (χ1) is 12.1. The minimum Gasteiger partial charge on any atom is -0.486 e. The van der Waals surface area contributed by atoms with Gasteiger partial charge in [0.1, 0.15) is 13.2 Å². The van der Waals surface area contributed by atoms with Crippen LogP contribution in [0.4, 0.5) is 5.69 Å². The van der Waals surface area contributed by atoms with Gasteiger partial charge < -0.3 is 9.47 Å². The summed E-state index contributed by atoms with van der Waals surface area (Å²) >= 11 is 0. The Labute approximate surface area is 143 Å². The first kappa shape index (κ1) is 16.4. The van der Waals surface area contributed by atoms with Crippen LogP contribution in [0.1, 0.15) is 11.1 Å². The molecule has 0 fully saturated rings. The van der Waals surface area contributed by atoms with Crippen LogP contribution >= 0.6 is 0 Å². The number of amides is 1. The number of fused-ring (bicyclic) bond motifs is 1. The lowest BCUT2D eigenvalue weighted by Gasteiger charge is -2.18. The van der Waals surface area contributed by atoms with Crippen LogP contribution in [0, 0.1) is 10.1 Å². The Balaban J connectivity index is 1.61. The van der Waals surface area contributed by atoms with Gasteiger partial charge in [-0.3, -0.25) is 14.9 Å². The minimum atomic E-state index is -0.513. The Bertz CT molecular complexity index is 835. The Morgan fingerprint density at radius 3 is 2.76 bits per heavy atom. The minimum absolute atomic E-state index is 0.0894. The molecule has 0 unspecified atom stereocenters. The molecule has 0 saturated carbocycles. The SMILES string of the molecule is O=C(Cc1ccccc1[N+](=O)[O-])NN=Cc1ccc2c(c1)OCCO2. The molecule has 25 heavy (non-hydrogen) atoms. The zero-order valence-corrected chi connectivity index (χ0v) is 13.2. The Morgan fingerprint density at radius 2 is 1.96 bits per heavy atom. The fraction of sp³-hybridized carbons (Fsp3) is 0.176. The summed E-state index contributed by atoms with van der Waals surface area (Å²) in [6.45, 7) is 1.00. The van der Waals surface area contributed by atoms with Crippen molar-refractivity contribution in [1.82, 2.24) is 5.43 Å². The van der Waals surface area contributed by atoms with Gasteiger partial charge in [-0.05, 0) is 23.8 Å². The zero-order chi connectivity index (χ0) is 17.6. The lowest BCUT2D eigenvalue weighted by atomic mass is 10.1. The molecule has 0 saturated heterocycles. The molecule has 0 atom stereocenters. The molecule has 8 heteroatoms. The van der Waals surface area contributed by atoms with Gasteiger partial charge in [0.05, 0.1) is 17.6 Å². The first-order valence-electron chi connectivity index (χ1n) is 7.57. The van der Waals surface area contributed by atoms with Crippen LogP contribution in [0.2, 0.25) is 0 Å². The van der Waals surface area contributed by atoms with Gasteiger partial charge in [0.2, 0.25) is 5.91 Å². The number of nitro benzene ring substituents is 1. The van der Waals surface area contributed by atoms with E-state index in [-0.39, 0.29) is 12.1 Å². The second kappa shape index (κ2) is 7.43. The maximum Gasteiger partial charge on any atom is 0.273 e. The Kier molecular flexibility index (Phi) is 4.89. The van der Waals surface area contributed by atoms with Crippen LogP contribution < -0.4 is 14.9 Å². The van der Waals surface area contributed by atoms with Gasteiger partial charge in [0.15, 0.2) is 11.5 Å². The molecule has 0 aromatic heterocycles. The number of hydrazone groups is 1. The van der Waals surface area contributed by atoms with Crippen LogP contribution in [0.25, 0.3) is 0 Å². The van der Waals surface area contributed by atoms with E-state index in [4.69, 9.17) is 9.47 Å². The van der Waals surface area contributed by atoms with Gasteiger partial charge in [0, 0.05) is 11.6 Å². The van der Waals surface area contributed by atoms with Crippen LogP contribution in [0.3, 0.4) is 0 Å². The van der Waals surface area contributed by atoms with Crippen molar-refractivity contribution in [1.29, 1.82) is 0 Å². The van der Waals surface area contributed by atoms with E-state index in [1.54, 1.807) is 36.4 Å². The van der Waals surface area contributed by atoms with Crippen molar-refractivity contribution in [3.05, 3.63) is 63.7 Å². The molecule has 0 aliphatic carbocycles. The number of rotatable bonds is 5. The Morgan fingerprint density at radius 1 is 1.20 bits per heavy atom. The normalized spacial score (nSPS) is 12.8. The molecule has 0 radical (unpaired) electrons. The van der Waals surface area contributed by atoms with E-state index in [1.165, 1.54) is 12.3 Å². The van der Waals surface area contributed by atoms with E-state index in [2.05, 4.69) is 10.5 Å². The smallest absolute Gasteiger partial charge is 0.273 e. The van der Waals surface area contributed by atoms with Gasteiger partial charge >= 0.3 is 0 Å². The van der Waals surface area contributed by atoms with Crippen molar-refractivity contribution in [3.8, 4) is 11.5 Å². The predicted octanol–water partition coefficient (Wildman–Crippen LogP) is 2.06. The summed E-state index contributed by atoms with van der Waals surface area (Å²) in [4.78, 5) is 22.3. The number of nitro groups is 1. The molecule has 2 aromatic rings. The van der Waals surface area contributed by atoms with Crippen molar-refractivity contribution in [2.45, 2.75) is 6.42 Å². The molecule has 1 amide bonds. The van der Waals surface area contributed by atoms with Gasteiger partial charge in [-0.15, -0.1) is 0 Å². The van der Waals surface area contributed by atoms with E-state index < -0.39 is 10.8 Å². The number of ether oxygens (including phenoxy) is 2. The molecule has 0 spiro atoms. The molecular weight excluding hydrogens is 326 g/mol. The number of hydrogen-bond acceptors (Lipinski definition) is 6. The summed E-state index contributed by atoms with van der Waals surface area (Å²) in [5.41, 5.74) is 3.34. The predicted molar refractivity (Wildman–Crippen MR) is 90.0 cm³/mol. The van der Waals surface area contributed by atoms with Gasteiger partial charge in [0.25, 0.3) is 5.69 Å². The molecule has 1 heterocycles. The third-order valence-electron chi connectivity index (χ3n) is 3.51. The number of para-hydroxylation sites is 1. The zero-order valence-electron chi connectivity index (χ0n) is 13.2. The highest BCUT2D eigenvalue weighted by molar-refractivity contribution is 5.84. The fourth-order valence-electron chi connectivity index (χ4n) is 2.37. The van der Waals surface area contributed by atoms with Crippen molar-refractivity contribution in [3.63, 3.8) is 0 Å². The molecular formula is C17H15N3O5. The van der Waals surface area contributed by atoms with E-state index in [9.17, 15) is 14.9 Å². The third-order valence-corrected chi connectivity index (χ3v) is 3.51. The van der Waals surface area contributed by atoms with Crippen molar-refractivity contribution in [2.75, 3.05) is 13.2 Å². The summed E-state index contributed by atoms with van der Waals surface area (Å²) in [5, 5.41) is 14.8. The molecule has 1 aliphatic rings. The van der Waals surface area contributed by atoms with Gasteiger partial charge in [-0.1, -0.05) is 18.2 Å². The summed E-state index contributed by atoms with van der Waals surface area (Å²) in [7, 11) is 0. The topological polar surface area (TPSA) is 103 Å². The summed E-state index contributed by atoms with van der Waals surface area (Å²) in [5.74, 6) is 0.855. The van der Waals surface area contributed by atoms with E-state index in [0.717, 1.165) is 5.56 Å². The van der Waals surface area contributed by atoms with Crippen molar-refractivity contribution in [2.24, 2.45) is 5.10 Å². The van der Waals surface area contributed by atoms with Gasteiger partial charge in [-0.25, -0.2) is 5.43 Å². The van der Waals surface area contributed by atoms with E-state index >= 15 is 0 Å². The molecule has 0 bridgehead atoms. The quantitative estimate of drug-likeness (QED) is 0.509. The number of benzene rings is 2. The van der Waals surface area contributed by atoms with Crippen LogP contribution in [-0.4, -0.2) is 30.3 Å². The highest BCUT2D eigenvalue weighted by atomic mass is 16.6. The molecule has 1 aliphatic heterocycles. The van der Waals surface area contributed by atoms with Crippen molar-refractivity contribution >= 4 is 17.8 Å². The second-order valence-corrected chi connectivity index (χ2v) is 5.26. The highest BCUT2D eigenvalue weighted by Gasteiger charge is 2.15. The number of nitrogens with one attached hydrogen (secondary N) is 1. The monoisotopic (exact) mass is 341 g/mol. The maximum atomic E-state index is 11.9. The molecule has 2 aromatic carbocycles. The van der Waals surface area contributed by atoms with Crippen LogP contribution in [0.15, 0.2) is 47.6 Å². The lowest BCUT2D eigenvalue weighted by Crippen LogP contribution is -2.20. The van der Waals surface area contributed by atoms with E-state index in [1.807, 2.05) is 0 Å². The van der Waals surface area contributed by atoms with Crippen molar-refractivity contribution < 1.29 is 19.2 Å². The summed E-state index contributed by atoms with van der Waals surface area (Å²) in [6, 6.07) is 11.4. The van der Waals surface area contributed by atoms with Crippen LogP contribution in [0.5, 0.6) is 11.5 Å². The number of carbonyl (C=O) groups excluding carboxylic acids is 1. The number of nitrogens with zero attached hydrogens (tertiary/aromatic N) is 2. The average Bonchev–Trinajstić information content (AvgIpc) is 2.62. The number of carbonyl (C=O) groups is 1. The third kappa shape index (κ3) is 4.11. The lowest BCUT2D eigenvalue weighted by molar-refractivity contribution is -0.385. The van der Waals surface area contributed by atoms with E-state index in [0.29, 0.717) is 30.3 Å². The number of hydrogen-bond donors (Lipinski definition) is 1. The summed E-state index contributed by atoms with van der Waals surface area (Å²) < 4.78 is 10.9. The molecule has 1 N–H and O–H groups in total. The highest BCUT2D eigenvalue weighted by Crippen LogP contribution is 2.30. The van der Waals surface area contributed by atoms with Gasteiger partial charge in [-0.2, -0.15) is 5.10 Å². The second-order valence-electron chi connectivity index (χ2n) is 5.26. The first-order valence-corrected chi connectivity index (χ1v) is 7.57. The molecule has 128 valence electrons.